The summed E-state index contributed by atoms with van der Waals surface area (Å²) in [7, 11) is 1.54. The summed E-state index contributed by atoms with van der Waals surface area (Å²) >= 11 is 0. The van der Waals surface area contributed by atoms with E-state index in [1.54, 1.807) is 6.07 Å². The van der Waals surface area contributed by atoms with Crippen molar-refractivity contribution in [3.8, 4) is 5.75 Å². The maximum Gasteiger partial charge on any atom is 0.274 e. The van der Waals surface area contributed by atoms with Crippen molar-refractivity contribution >= 4 is 17.5 Å². The van der Waals surface area contributed by atoms with Crippen LogP contribution in [0.15, 0.2) is 60.7 Å². The van der Waals surface area contributed by atoms with Crippen molar-refractivity contribution in [3.63, 3.8) is 0 Å². The molecule has 1 aromatic heterocycles. The van der Waals surface area contributed by atoms with Gasteiger partial charge in [-0.15, -0.1) is 0 Å². The fraction of sp³-hybridized carbons (Fsp3) is 0.0952. The number of nitrogens with zero attached hydrogens (tertiary/aromatic N) is 1. The fourth-order valence-electron chi connectivity index (χ4n) is 2.58. The minimum Gasteiger partial charge on any atom is -0.496 e. The molecule has 0 atom stereocenters. The lowest BCUT2D eigenvalue weighted by Gasteiger charge is -2.10. The van der Waals surface area contributed by atoms with Gasteiger partial charge in [-0.25, -0.2) is 13.8 Å². The summed E-state index contributed by atoms with van der Waals surface area (Å²) in [6.45, 7) is 0.210. The van der Waals surface area contributed by atoms with Crippen LogP contribution in [0.5, 0.6) is 5.75 Å². The summed E-state index contributed by atoms with van der Waals surface area (Å²) in [6, 6.07) is 14.3. The number of methoxy groups -OCH3 is 1. The van der Waals surface area contributed by atoms with Crippen molar-refractivity contribution < 1.29 is 23.1 Å². The monoisotopic (exact) mass is 397 g/mol. The van der Waals surface area contributed by atoms with E-state index in [1.807, 2.05) is 18.2 Å². The van der Waals surface area contributed by atoms with Crippen molar-refractivity contribution in [2.24, 2.45) is 0 Å². The van der Waals surface area contributed by atoms with Gasteiger partial charge in [-0.3, -0.25) is 9.59 Å². The number of carbonyl (C=O) groups excluding carboxylic acids is 2. The number of pyridine rings is 1. The van der Waals surface area contributed by atoms with Gasteiger partial charge in [0.1, 0.15) is 28.8 Å². The van der Waals surface area contributed by atoms with Crippen LogP contribution >= 0.6 is 0 Å². The van der Waals surface area contributed by atoms with Crippen LogP contribution in [-0.2, 0) is 6.54 Å². The van der Waals surface area contributed by atoms with E-state index in [4.69, 9.17) is 4.74 Å². The molecule has 0 aliphatic rings. The largest absolute Gasteiger partial charge is 0.496 e. The molecule has 8 heteroatoms. The Labute approximate surface area is 165 Å². The number of para-hydroxylation sites is 1. The lowest BCUT2D eigenvalue weighted by atomic mass is 10.2. The third-order valence-corrected chi connectivity index (χ3v) is 4.03. The summed E-state index contributed by atoms with van der Waals surface area (Å²) < 4.78 is 31.9. The number of anilines is 1. The third-order valence-electron chi connectivity index (χ3n) is 4.03. The molecule has 2 N–H and O–H groups in total. The molecule has 0 saturated carbocycles. The Balaban J connectivity index is 1.69. The predicted molar refractivity (Wildman–Crippen MR) is 103 cm³/mol. The van der Waals surface area contributed by atoms with E-state index in [-0.39, 0.29) is 23.6 Å². The van der Waals surface area contributed by atoms with Crippen molar-refractivity contribution in [1.82, 2.24) is 10.3 Å². The van der Waals surface area contributed by atoms with Gasteiger partial charge in [0.2, 0.25) is 0 Å². The first-order chi connectivity index (χ1) is 14.0. The number of hydrogen-bond donors (Lipinski definition) is 2. The Hall–Kier alpha value is -3.81. The first-order valence-corrected chi connectivity index (χ1v) is 8.61. The zero-order chi connectivity index (χ0) is 20.8. The number of ether oxygens (including phenoxy) is 1. The van der Waals surface area contributed by atoms with Crippen LogP contribution in [0.3, 0.4) is 0 Å². The molecule has 0 aliphatic carbocycles. The Morgan fingerprint density at radius 2 is 1.69 bits per heavy atom. The Morgan fingerprint density at radius 3 is 2.41 bits per heavy atom. The van der Waals surface area contributed by atoms with Crippen molar-refractivity contribution in [2.75, 3.05) is 12.4 Å². The second-order valence-electron chi connectivity index (χ2n) is 5.98. The van der Waals surface area contributed by atoms with Gasteiger partial charge in [0.05, 0.1) is 12.8 Å². The maximum atomic E-state index is 13.7. The smallest absolute Gasteiger partial charge is 0.274 e. The molecule has 3 rings (SSSR count). The highest BCUT2D eigenvalue weighted by Crippen LogP contribution is 2.17. The van der Waals surface area contributed by atoms with E-state index in [2.05, 4.69) is 15.6 Å². The first kappa shape index (κ1) is 19.9. The molecule has 6 nitrogen and oxygen atoms in total. The van der Waals surface area contributed by atoms with E-state index in [0.717, 1.165) is 17.7 Å². The quantitative estimate of drug-likeness (QED) is 0.667. The summed E-state index contributed by atoms with van der Waals surface area (Å²) in [6.07, 6.45) is 0. The van der Waals surface area contributed by atoms with Crippen LogP contribution in [0.1, 0.15) is 26.5 Å². The lowest BCUT2D eigenvalue weighted by molar-refractivity contribution is 0.0945. The Morgan fingerprint density at radius 1 is 0.966 bits per heavy atom. The van der Waals surface area contributed by atoms with E-state index in [1.165, 1.54) is 25.3 Å². The van der Waals surface area contributed by atoms with Gasteiger partial charge in [0.25, 0.3) is 11.8 Å². The van der Waals surface area contributed by atoms with Crippen LogP contribution in [0.2, 0.25) is 0 Å². The topological polar surface area (TPSA) is 80.3 Å². The molecule has 0 aliphatic heterocycles. The zero-order valence-electron chi connectivity index (χ0n) is 15.4. The molecule has 1 heterocycles. The number of rotatable bonds is 6. The molecule has 3 aromatic rings. The van der Waals surface area contributed by atoms with Crippen LogP contribution in [0.4, 0.5) is 14.5 Å². The molecule has 2 aromatic carbocycles. The van der Waals surface area contributed by atoms with Gasteiger partial charge in [0, 0.05) is 18.2 Å². The van der Waals surface area contributed by atoms with E-state index >= 15 is 0 Å². The summed E-state index contributed by atoms with van der Waals surface area (Å²) in [4.78, 5) is 28.7. The third kappa shape index (κ3) is 4.92. The zero-order valence-corrected chi connectivity index (χ0v) is 15.4. The van der Waals surface area contributed by atoms with Crippen LogP contribution in [0.25, 0.3) is 0 Å². The standard InChI is InChI=1S/C21H17F2N3O3/c1-29-19-8-3-2-5-13(19)12-24-20(27)17-6-4-7-18(25-17)21(28)26-16-10-9-14(22)11-15(16)23/h2-11H,12H2,1H3,(H,24,27)(H,26,28). The highest BCUT2D eigenvalue weighted by molar-refractivity contribution is 6.03. The minimum atomic E-state index is -0.913. The normalized spacial score (nSPS) is 10.3. The van der Waals surface area contributed by atoms with E-state index in [9.17, 15) is 18.4 Å². The van der Waals surface area contributed by atoms with Crippen molar-refractivity contribution in [1.29, 1.82) is 0 Å². The van der Waals surface area contributed by atoms with Gasteiger partial charge in [-0.05, 0) is 30.3 Å². The summed E-state index contributed by atoms with van der Waals surface area (Å²) in [5.74, 6) is -2.25. The second kappa shape index (κ2) is 8.92. The SMILES string of the molecule is COc1ccccc1CNC(=O)c1cccc(C(=O)Nc2ccc(F)cc2F)n1. The average molecular weight is 397 g/mol. The molecule has 0 saturated heterocycles. The number of halogens is 2. The average Bonchev–Trinajstić information content (AvgIpc) is 2.74. The molecule has 0 radical (unpaired) electrons. The van der Waals surface area contributed by atoms with Gasteiger partial charge < -0.3 is 15.4 Å². The molecule has 0 spiro atoms. The van der Waals surface area contributed by atoms with Crippen LogP contribution < -0.4 is 15.4 Å². The van der Waals surface area contributed by atoms with Gasteiger partial charge in [-0.2, -0.15) is 0 Å². The van der Waals surface area contributed by atoms with E-state index in [0.29, 0.717) is 11.8 Å². The molecule has 148 valence electrons. The molecule has 0 unspecified atom stereocenters. The number of hydrogen-bond acceptors (Lipinski definition) is 4. The number of benzene rings is 2. The number of amides is 2. The molecule has 29 heavy (non-hydrogen) atoms. The summed E-state index contributed by atoms with van der Waals surface area (Å²) in [5, 5.41) is 5.01. The highest BCUT2D eigenvalue weighted by atomic mass is 19.1. The minimum absolute atomic E-state index is 0.0205. The molecule has 2 amide bonds. The molecule has 0 fully saturated rings. The molecular formula is C21H17F2N3O3. The predicted octanol–water partition coefficient (Wildman–Crippen LogP) is 3.55. The molecular weight excluding hydrogens is 380 g/mol. The first-order valence-electron chi connectivity index (χ1n) is 8.61. The lowest BCUT2D eigenvalue weighted by Crippen LogP contribution is -2.25. The van der Waals surface area contributed by atoms with Crippen LogP contribution in [-0.4, -0.2) is 23.9 Å². The van der Waals surface area contributed by atoms with Gasteiger partial charge >= 0.3 is 0 Å². The van der Waals surface area contributed by atoms with Crippen molar-refractivity contribution in [2.45, 2.75) is 6.54 Å². The Kier molecular flexibility index (Phi) is 6.13. The number of carbonyl (C=O) groups is 2. The maximum absolute atomic E-state index is 13.7. The summed E-state index contributed by atoms with van der Waals surface area (Å²) in [5.41, 5.74) is 0.527. The number of nitrogens with one attached hydrogen (secondary N) is 2. The highest BCUT2D eigenvalue weighted by Gasteiger charge is 2.15. The van der Waals surface area contributed by atoms with Gasteiger partial charge in [-0.1, -0.05) is 24.3 Å². The van der Waals surface area contributed by atoms with Crippen LogP contribution in [0, 0.1) is 11.6 Å². The van der Waals surface area contributed by atoms with E-state index < -0.39 is 23.4 Å². The molecule has 0 bridgehead atoms. The van der Waals surface area contributed by atoms with Gasteiger partial charge in [0.15, 0.2) is 0 Å². The Bertz CT molecular complexity index is 1060. The number of aromatic nitrogens is 1. The second-order valence-corrected chi connectivity index (χ2v) is 5.98. The fourth-order valence-corrected chi connectivity index (χ4v) is 2.58. The van der Waals surface area contributed by atoms with Crippen molar-refractivity contribution in [3.05, 3.63) is 89.2 Å².